The second-order valence-corrected chi connectivity index (χ2v) is 6.36. The summed E-state index contributed by atoms with van der Waals surface area (Å²) in [6.45, 7) is 1.21. The van der Waals surface area contributed by atoms with Crippen molar-refractivity contribution >= 4 is 27.7 Å². The molecule has 1 fully saturated rings. The molecule has 1 nitrogen and oxygen atoms in total. The van der Waals surface area contributed by atoms with Crippen molar-refractivity contribution in [2.45, 2.75) is 25.7 Å². The van der Waals surface area contributed by atoms with Gasteiger partial charge in [-0.05, 0) is 38.1 Å². The minimum absolute atomic E-state index is 0.636. The van der Waals surface area contributed by atoms with E-state index < -0.39 is 0 Å². The number of thioether (sulfide) groups is 1. The maximum absolute atomic E-state index is 3.69. The number of alkyl halides is 1. The number of hydrogen-bond donors (Lipinski definition) is 0. The summed E-state index contributed by atoms with van der Waals surface area (Å²) in [6.07, 6.45) is 5.76. The van der Waals surface area contributed by atoms with Crippen LogP contribution in [0, 0.1) is 5.41 Å². The molecule has 1 rings (SSSR count). The van der Waals surface area contributed by atoms with Gasteiger partial charge in [0.15, 0.2) is 0 Å². The molecule has 0 spiro atoms. The quantitative estimate of drug-likeness (QED) is 0.543. The Morgan fingerprint density at radius 1 is 1.29 bits per heavy atom. The van der Waals surface area contributed by atoms with Crippen molar-refractivity contribution in [3.63, 3.8) is 0 Å². The predicted molar refractivity (Wildman–Crippen MR) is 70.6 cm³/mol. The summed E-state index contributed by atoms with van der Waals surface area (Å²) in [5.41, 5.74) is 0.636. The summed E-state index contributed by atoms with van der Waals surface area (Å²) in [7, 11) is 4.30. The Morgan fingerprint density at radius 3 is 2.43 bits per heavy atom. The van der Waals surface area contributed by atoms with Crippen LogP contribution in [0.15, 0.2) is 0 Å². The highest BCUT2D eigenvalue weighted by atomic mass is 79.9. The van der Waals surface area contributed by atoms with Crippen LogP contribution in [0.5, 0.6) is 0 Å². The third kappa shape index (κ3) is 4.11. The summed E-state index contributed by atoms with van der Waals surface area (Å²) in [5, 5.41) is 1.20. The topological polar surface area (TPSA) is 3.24 Å². The van der Waals surface area contributed by atoms with E-state index in [9.17, 15) is 0 Å². The Morgan fingerprint density at radius 2 is 1.93 bits per heavy atom. The second-order valence-electron chi connectivity index (χ2n) is 4.70. The fourth-order valence-electron chi connectivity index (χ4n) is 1.98. The maximum atomic E-state index is 3.69. The molecule has 0 unspecified atom stereocenters. The number of hydrogen-bond acceptors (Lipinski definition) is 2. The van der Waals surface area contributed by atoms with Crippen LogP contribution < -0.4 is 0 Å². The zero-order chi connectivity index (χ0) is 10.4. The molecule has 0 bridgehead atoms. The molecule has 0 atom stereocenters. The van der Waals surface area contributed by atoms with Gasteiger partial charge >= 0.3 is 0 Å². The molecule has 0 aliphatic heterocycles. The van der Waals surface area contributed by atoms with E-state index in [2.05, 4.69) is 46.7 Å². The Kier molecular flexibility index (Phi) is 5.87. The molecule has 0 heterocycles. The van der Waals surface area contributed by atoms with E-state index in [1.807, 2.05) is 0 Å². The maximum Gasteiger partial charge on any atom is 0.00958 e. The molecule has 0 aromatic carbocycles. The van der Waals surface area contributed by atoms with Crippen LogP contribution in [0.1, 0.15) is 25.7 Å². The average Bonchev–Trinajstić information content (AvgIpc) is 2.62. The van der Waals surface area contributed by atoms with Gasteiger partial charge in [-0.1, -0.05) is 28.8 Å². The average molecular weight is 280 g/mol. The van der Waals surface area contributed by atoms with Gasteiger partial charge in [-0.3, -0.25) is 0 Å². The smallest absolute Gasteiger partial charge is 0.00958 e. The lowest BCUT2D eigenvalue weighted by atomic mass is 9.92. The fourth-order valence-corrected chi connectivity index (χ4v) is 4.46. The molecule has 1 aliphatic carbocycles. The number of halogens is 1. The standard InChI is InChI=1S/C11H22BrNS/c1-13(2)7-8-14-10-11(9-12)5-3-4-6-11/h3-10H2,1-2H3. The molecule has 0 radical (unpaired) electrons. The molecule has 84 valence electrons. The molecule has 0 amide bonds. The van der Waals surface area contributed by atoms with E-state index >= 15 is 0 Å². The van der Waals surface area contributed by atoms with Crippen molar-refractivity contribution in [3.05, 3.63) is 0 Å². The molecule has 0 N–H and O–H groups in total. The van der Waals surface area contributed by atoms with Crippen molar-refractivity contribution in [1.82, 2.24) is 4.90 Å². The summed E-state index contributed by atoms with van der Waals surface area (Å²) >= 11 is 5.82. The molecule has 0 saturated heterocycles. The summed E-state index contributed by atoms with van der Waals surface area (Å²) in [4.78, 5) is 2.27. The van der Waals surface area contributed by atoms with E-state index in [-0.39, 0.29) is 0 Å². The second kappa shape index (κ2) is 6.39. The van der Waals surface area contributed by atoms with E-state index in [0.29, 0.717) is 5.41 Å². The lowest BCUT2D eigenvalue weighted by Gasteiger charge is -2.26. The van der Waals surface area contributed by atoms with Crippen molar-refractivity contribution in [3.8, 4) is 0 Å². The van der Waals surface area contributed by atoms with E-state index in [4.69, 9.17) is 0 Å². The summed E-state index contributed by atoms with van der Waals surface area (Å²) in [5.74, 6) is 2.63. The normalized spacial score (nSPS) is 20.6. The largest absolute Gasteiger partial charge is 0.309 e. The van der Waals surface area contributed by atoms with Crippen LogP contribution in [0.25, 0.3) is 0 Å². The van der Waals surface area contributed by atoms with E-state index in [0.717, 1.165) is 0 Å². The van der Waals surface area contributed by atoms with Gasteiger partial charge < -0.3 is 4.90 Å². The third-order valence-electron chi connectivity index (χ3n) is 3.04. The molecular formula is C11H22BrNS. The predicted octanol–water partition coefficient (Wildman–Crippen LogP) is 3.24. The molecule has 0 aromatic rings. The van der Waals surface area contributed by atoms with Gasteiger partial charge in [0.2, 0.25) is 0 Å². The zero-order valence-electron chi connectivity index (χ0n) is 9.39. The van der Waals surface area contributed by atoms with Gasteiger partial charge in [0, 0.05) is 17.6 Å². The van der Waals surface area contributed by atoms with Gasteiger partial charge in [-0.15, -0.1) is 0 Å². The highest BCUT2D eigenvalue weighted by molar-refractivity contribution is 9.09. The number of rotatable bonds is 6. The van der Waals surface area contributed by atoms with Gasteiger partial charge in [0.05, 0.1) is 0 Å². The van der Waals surface area contributed by atoms with Gasteiger partial charge in [0.1, 0.15) is 0 Å². The first kappa shape index (κ1) is 12.9. The Hall–Kier alpha value is 0.790. The first-order chi connectivity index (χ1) is 6.68. The molecule has 1 aliphatic rings. The van der Waals surface area contributed by atoms with Crippen LogP contribution in [0.3, 0.4) is 0 Å². The van der Waals surface area contributed by atoms with Crippen LogP contribution in [-0.2, 0) is 0 Å². The summed E-state index contributed by atoms with van der Waals surface area (Å²) < 4.78 is 0. The van der Waals surface area contributed by atoms with Gasteiger partial charge in [-0.25, -0.2) is 0 Å². The highest BCUT2D eigenvalue weighted by Gasteiger charge is 2.32. The van der Waals surface area contributed by atoms with E-state index in [1.54, 1.807) is 0 Å². The zero-order valence-corrected chi connectivity index (χ0v) is 11.8. The third-order valence-corrected chi connectivity index (χ3v) is 5.52. The fraction of sp³-hybridized carbons (Fsp3) is 1.00. The number of nitrogens with zero attached hydrogens (tertiary/aromatic N) is 1. The van der Waals surface area contributed by atoms with Crippen LogP contribution in [0.2, 0.25) is 0 Å². The van der Waals surface area contributed by atoms with Gasteiger partial charge in [0.25, 0.3) is 0 Å². The molecule has 0 aromatic heterocycles. The Bertz CT molecular complexity index is 155. The molecule has 14 heavy (non-hydrogen) atoms. The van der Waals surface area contributed by atoms with Crippen LogP contribution in [-0.4, -0.2) is 42.4 Å². The molecule has 1 saturated carbocycles. The van der Waals surface area contributed by atoms with Crippen LogP contribution >= 0.6 is 27.7 Å². The minimum Gasteiger partial charge on any atom is -0.309 e. The minimum atomic E-state index is 0.636. The summed E-state index contributed by atoms with van der Waals surface area (Å²) in [6, 6.07) is 0. The van der Waals surface area contributed by atoms with Crippen molar-refractivity contribution in [2.75, 3.05) is 37.5 Å². The van der Waals surface area contributed by atoms with E-state index in [1.165, 1.54) is 49.1 Å². The SMILES string of the molecule is CN(C)CCSCC1(CBr)CCCC1. The van der Waals surface area contributed by atoms with Crippen molar-refractivity contribution in [2.24, 2.45) is 5.41 Å². The lowest BCUT2D eigenvalue weighted by molar-refractivity contribution is 0.404. The molecule has 3 heteroatoms. The lowest BCUT2D eigenvalue weighted by Crippen LogP contribution is -2.23. The Balaban J connectivity index is 2.15. The first-order valence-corrected chi connectivity index (χ1v) is 7.75. The highest BCUT2D eigenvalue weighted by Crippen LogP contribution is 2.41. The van der Waals surface area contributed by atoms with Gasteiger partial charge in [-0.2, -0.15) is 11.8 Å². The molecular weight excluding hydrogens is 258 g/mol. The van der Waals surface area contributed by atoms with Crippen LogP contribution in [0.4, 0.5) is 0 Å². The first-order valence-electron chi connectivity index (χ1n) is 5.47. The van der Waals surface area contributed by atoms with Crippen molar-refractivity contribution in [1.29, 1.82) is 0 Å². The van der Waals surface area contributed by atoms with Crippen molar-refractivity contribution < 1.29 is 0 Å². The monoisotopic (exact) mass is 279 g/mol. The Labute approximate surface area is 101 Å².